The van der Waals surface area contributed by atoms with Crippen molar-refractivity contribution < 1.29 is 22.4 Å². The Hall–Kier alpha value is -1.60. The fourth-order valence-electron chi connectivity index (χ4n) is 3.00. The molecule has 1 aliphatic heterocycles. The second-order valence-electron chi connectivity index (χ2n) is 6.00. The maximum atomic E-state index is 14.4. The van der Waals surface area contributed by atoms with E-state index in [-0.39, 0.29) is 16.6 Å². The molecule has 0 bridgehead atoms. The van der Waals surface area contributed by atoms with Crippen LogP contribution in [0.3, 0.4) is 0 Å². The van der Waals surface area contributed by atoms with E-state index in [1.807, 2.05) is 0 Å². The average Bonchev–Trinajstić information content (AvgIpc) is 3.25. The van der Waals surface area contributed by atoms with Gasteiger partial charge in [-0.3, -0.25) is 15.1 Å². The number of halogens is 5. The van der Waals surface area contributed by atoms with Crippen molar-refractivity contribution >= 4 is 38.8 Å². The highest BCUT2D eigenvalue weighted by atomic mass is 79.9. The van der Waals surface area contributed by atoms with Gasteiger partial charge in [-0.15, -0.1) is 0 Å². The minimum atomic E-state index is -5.08. The van der Waals surface area contributed by atoms with E-state index in [9.17, 15) is 27.6 Å². The highest BCUT2D eigenvalue weighted by Gasteiger charge is 2.68. The lowest BCUT2D eigenvalue weighted by Gasteiger charge is -2.33. The summed E-state index contributed by atoms with van der Waals surface area (Å²) in [5.74, 6) is -3.13. The van der Waals surface area contributed by atoms with Crippen LogP contribution in [0, 0.1) is 23.1 Å². The number of nitrogens with zero attached hydrogens (tertiary/aromatic N) is 2. The Labute approximate surface area is 152 Å². The lowest BCUT2D eigenvalue weighted by molar-refractivity contribution is -0.171. The molecule has 132 valence electrons. The molecular formula is C15H10BrF4N3OS. The van der Waals surface area contributed by atoms with Crippen molar-refractivity contribution in [2.24, 2.45) is 10.9 Å². The van der Waals surface area contributed by atoms with Gasteiger partial charge in [0.1, 0.15) is 10.6 Å². The number of rotatable bonds is 1. The first-order valence-electron chi connectivity index (χ1n) is 7.06. The molecule has 3 atom stereocenters. The number of nitriles is 1. The Morgan fingerprint density at radius 3 is 2.80 bits per heavy atom. The summed E-state index contributed by atoms with van der Waals surface area (Å²) in [5, 5.41) is 10.8. The van der Waals surface area contributed by atoms with Crippen LogP contribution < -0.4 is 5.32 Å². The minimum absolute atomic E-state index is 0.156. The SMILES string of the molecule is C[C@]1(c2cc(Br)ccc2F)N=C(NC(=O)C(F)(F)F)S[C@@]2(C#N)C[C@H]21. The van der Waals surface area contributed by atoms with E-state index >= 15 is 0 Å². The van der Waals surface area contributed by atoms with E-state index in [2.05, 4.69) is 27.0 Å². The molecule has 1 fully saturated rings. The molecule has 1 heterocycles. The van der Waals surface area contributed by atoms with Gasteiger partial charge >= 0.3 is 12.1 Å². The predicted molar refractivity (Wildman–Crippen MR) is 87.1 cm³/mol. The van der Waals surface area contributed by atoms with Crippen LogP contribution in [0.15, 0.2) is 27.7 Å². The lowest BCUT2D eigenvalue weighted by atomic mass is 9.86. The van der Waals surface area contributed by atoms with Crippen LogP contribution in [0.5, 0.6) is 0 Å². The van der Waals surface area contributed by atoms with Crippen molar-refractivity contribution in [2.75, 3.05) is 0 Å². The van der Waals surface area contributed by atoms with E-state index in [0.29, 0.717) is 10.9 Å². The van der Waals surface area contributed by atoms with Crippen molar-refractivity contribution in [2.45, 2.75) is 29.8 Å². The molecule has 0 spiro atoms. The van der Waals surface area contributed by atoms with Crippen LogP contribution in [0.25, 0.3) is 0 Å². The van der Waals surface area contributed by atoms with Crippen molar-refractivity contribution in [3.8, 4) is 6.07 Å². The van der Waals surface area contributed by atoms with Gasteiger partial charge in [-0.2, -0.15) is 18.4 Å². The molecule has 1 aliphatic carbocycles. The van der Waals surface area contributed by atoms with Crippen molar-refractivity contribution in [3.05, 3.63) is 34.1 Å². The van der Waals surface area contributed by atoms with Gasteiger partial charge < -0.3 is 0 Å². The molecule has 4 nitrogen and oxygen atoms in total. The van der Waals surface area contributed by atoms with E-state index in [0.717, 1.165) is 11.8 Å². The molecule has 25 heavy (non-hydrogen) atoms. The van der Waals surface area contributed by atoms with Gasteiger partial charge in [-0.1, -0.05) is 27.7 Å². The number of amidine groups is 1. The van der Waals surface area contributed by atoms with Crippen molar-refractivity contribution in [1.29, 1.82) is 5.26 Å². The summed E-state index contributed by atoms with van der Waals surface area (Å²) >= 11 is 4.01. The molecule has 1 saturated carbocycles. The van der Waals surface area contributed by atoms with Gasteiger partial charge in [0.15, 0.2) is 5.17 Å². The molecule has 0 aromatic heterocycles. The van der Waals surface area contributed by atoms with Gasteiger partial charge in [-0.05, 0) is 31.5 Å². The predicted octanol–water partition coefficient (Wildman–Crippen LogP) is 3.87. The highest BCUT2D eigenvalue weighted by Crippen LogP contribution is 2.65. The number of thioether (sulfide) groups is 1. The summed E-state index contributed by atoms with van der Waals surface area (Å²) in [6, 6.07) is 6.26. The fraction of sp³-hybridized carbons (Fsp3) is 0.400. The van der Waals surface area contributed by atoms with Crippen LogP contribution in [0.2, 0.25) is 0 Å². The number of fused-ring (bicyclic) bond motifs is 1. The average molecular weight is 436 g/mol. The third-order valence-corrected chi connectivity index (χ3v) is 6.13. The zero-order chi connectivity index (χ0) is 18.6. The van der Waals surface area contributed by atoms with Gasteiger partial charge in [-0.25, -0.2) is 4.39 Å². The largest absolute Gasteiger partial charge is 0.471 e. The summed E-state index contributed by atoms with van der Waals surface area (Å²) in [7, 11) is 0. The molecule has 3 rings (SSSR count). The smallest absolute Gasteiger partial charge is 0.297 e. The Morgan fingerprint density at radius 1 is 1.52 bits per heavy atom. The van der Waals surface area contributed by atoms with E-state index < -0.39 is 28.2 Å². The zero-order valence-corrected chi connectivity index (χ0v) is 15.0. The maximum absolute atomic E-state index is 14.4. The van der Waals surface area contributed by atoms with Crippen LogP contribution >= 0.6 is 27.7 Å². The quantitative estimate of drug-likeness (QED) is 0.680. The summed E-state index contributed by atoms with van der Waals surface area (Å²) in [6.45, 7) is 1.56. The number of hydrogen-bond donors (Lipinski definition) is 1. The Morgan fingerprint density at radius 2 is 2.20 bits per heavy atom. The molecular weight excluding hydrogens is 426 g/mol. The monoisotopic (exact) mass is 435 g/mol. The molecule has 0 saturated heterocycles. The molecule has 0 unspecified atom stereocenters. The van der Waals surface area contributed by atoms with Gasteiger partial charge in [0.05, 0.1) is 11.6 Å². The standard InChI is InChI=1S/C15H10BrF4N3OS/c1-13(8-4-7(16)2-3-9(8)17)10-5-14(10,6-21)25-12(23-13)22-11(24)15(18,19)20/h2-4,10H,5H2,1H3,(H,22,23,24)/t10-,13+,14+/m0/s1. The number of aliphatic imine (C=N–C) groups is 1. The number of alkyl halides is 3. The summed E-state index contributed by atoms with van der Waals surface area (Å²) < 4.78 is 51.4. The Balaban J connectivity index is 2.06. The van der Waals surface area contributed by atoms with Gasteiger partial charge in [0.2, 0.25) is 0 Å². The van der Waals surface area contributed by atoms with Crippen LogP contribution in [0.1, 0.15) is 18.9 Å². The zero-order valence-electron chi connectivity index (χ0n) is 12.6. The van der Waals surface area contributed by atoms with Gasteiger partial charge in [0, 0.05) is 16.0 Å². The molecule has 0 radical (unpaired) electrons. The van der Waals surface area contributed by atoms with Crippen molar-refractivity contribution in [1.82, 2.24) is 5.32 Å². The van der Waals surface area contributed by atoms with Crippen LogP contribution in [-0.4, -0.2) is 22.0 Å². The third-order valence-electron chi connectivity index (χ3n) is 4.34. The first kappa shape index (κ1) is 18.2. The van der Waals surface area contributed by atoms with E-state index in [1.165, 1.54) is 18.2 Å². The Kier molecular flexibility index (Phi) is 4.15. The van der Waals surface area contributed by atoms with Crippen LogP contribution in [-0.2, 0) is 10.3 Å². The highest BCUT2D eigenvalue weighted by molar-refractivity contribution is 9.10. The summed E-state index contributed by atoms with van der Waals surface area (Å²) in [4.78, 5) is 15.4. The first-order chi connectivity index (χ1) is 11.5. The molecule has 1 aromatic rings. The normalized spacial score (nSPS) is 30.8. The number of benzene rings is 1. The second-order valence-corrected chi connectivity index (χ2v) is 8.24. The van der Waals surface area contributed by atoms with E-state index in [4.69, 9.17) is 0 Å². The number of carbonyl (C=O) groups excluding carboxylic acids is 1. The fourth-order valence-corrected chi connectivity index (χ4v) is 4.75. The molecule has 1 amide bonds. The first-order valence-corrected chi connectivity index (χ1v) is 8.66. The summed E-state index contributed by atoms with van der Waals surface area (Å²) in [5.41, 5.74) is -1.11. The molecule has 1 aromatic carbocycles. The Bertz CT molecular complexity index is 837. The van der Waals surface area contributed by atoms with Gasteiger partial charge in [0.25, 0.3) is 0 Å². The second kappa shape index (κ2) is 5.71. The van der Waals surface area contributed by atoms with E-state index in [1.54, 1.807) is 12.2 Å². The summed E-state index contributed by atoms with van der Waals surface area (Å²) in [6.07, 6.45) is -4.74. The van der Waals surface area contributed by atoms with Crippen molar-refractivity contribution in [3.63, 3.8) is 0 Å². The molecule has 1 N–H and O–H groups in total. The number of hydrogen-bond acceptors (Lipinski definition) is 4. The lowest BCUT2D eigenvalue weighted by Crippen LogP contribution is -2.44. The molecule has 10 heteroatoms. The number of amides is 1. The maximum Gasteiger partial charge on any atom is 0.471 e. The third kappa shape index (κ3) is 3.04. The molecule has 2 aliphatic rings. The number of nitrogens with one attached hydrogen (secondary N) is 1. The minimum Gasteiger partial charge on any atom is -0.297 e. The topological polar surface area (TPSA) is 65.2 Å². The van der Waals surface area contributed by atoms with Crippen LogP contribution in [0.4, 0.5) is 17.6 Å². The number of carbonyl (C=O) groups is 1.